The third-order valence-electron chi connectivity index (χ3n) is 1.75. The molecule has 0 heteroatoms. The lowest BCUT2D eigenvalue weighted by atomic mass is 10.0. The van der Waals surface area contributed by atoms with E-state index in [-0.39, 0.29) is 0 Å². The Hall–Kier alpha value is 0. The van der Waals surface area contributed by atoms with Crippen LogP contribution >= 0.6 is 0 Å². The largest absolute Gasteiger partial charge is 0.0683 e. The molecular formula is C17H44. The monoisotopic (exact) mass is 248 g/mol. The molecule has 0 aromatic heterocycles. The Balaban J connectivity index is -0.0000000448. The van der Waals surface area contributed by atoms with Gasteiger partial charge in [-0.2, -0.15) is 0 Å². The van der Waals surface area contributed by atoms with E-state index in [1.807, 2.05) is 41.5 Å². The SMILES string of the molecule is CC.CC.CC.CCC.CCCCC(C)CC. The zero-order valence-electron chi connectivity index (χ0n) is 15.1. The van der Waals surface area contributed by atoms with Gasteiger partial charge in [0.1, 0.15) is 0 Å². The van der Waals surface area contributed by atoms with Crippen LogP contribution in [0.4, 0.5) is 0 Å². The highest BCUT2D eigenvalue weighted by atomic mass is 14.0. The van der Waals surface area contributed by atoms with Gasteiger partial charge in [0.15, 0.2) is 0 Å². The van der Waals surface area contributed by atoms with Crippen molar-refractivity contribution in [2.75, 3.05) is 0 Å². The second kappa shape index (κ2) is 56.2. The van der Waals surface area contributed by atoms with Crippen molar-refractivity contribution in [3.63, 3.8) is 0 Å². The summed E-state index contributed by atoms with van der Waals surface area (Å²) in [6, 6.07) is 0. The fourth-order valence-electron chi connectivity index (χ4n) is 0.757. The molecule has 17 heavy (non-hydrogen) atoms. The summed E-state index contributed by atoms with van der Waals surface area (Å²) < 4.78 is 0. The zero-order chi connectivity index (χ0) is 15.1. The van der Waals surface area contributed by atoms with Crippen molar-refractivity contribution >= 4 is 0 Å². The van der Waals surface area contributed by atoms with Crippen LogP contribution in [0.25, 0.3) is 0 Å². The van der Waals surface area contributed by atoms with Crippen LogP contribution in [0.2, 0.25) is 0 Å². The molecule has 0 aliphatic heterocycles. The van der Waals surface area contributed by atoms with Gasteiger partial charge in [-0.25, -0.2) is 0 Å². The first-order valence-electron chi connectivity index (χ1n) is 8.22. The molecular weight excluding hydrogens is 204 g/mol. The van der Waals surface area contributed by atoms with E-state index in [4.69, 9.17) is 0 Å². The lowest BCUT2D eigenvalue weighted by Crippen LogP contribution is -1.89. The van der Waals surface area contributed by atoms with Crippen molar-refractivity contribution in [3.05, 3.63) is 0 Å². The Morgan fingerprint density at radius 1 is 0.706 bits per heavy atom. The molecule has 0 aromatic rings. The lowest BCUT2D eigenvalue weighted by Gasteiger charge is -2.04. The van der Waals surface area contributed by atoms with Crippen LogP contribution in [0.3, 0.4) is 0 Å². The van der Waals surface area contributed by atoms with Gasteiger partial charge in [0.25, 0.3) is 0 Å². The average Bonchev–Trinajstić information content (AvgIpc) is 2.43. The van der Waals surface area contributed by atoms with E-state index in [0.717, 1.165) is 5.92 Å². The standard InChI is InChI=1S/C8H18.C3H8.3C2H6/c1-4-6-7-8(3)5-2;1-3-2;3*1-2/h8H,4-7H2,1-3H3;3H2,1-2H3;3*1-2H3. The predicted octanol–water partition coefficient (Wildman–Crippen LogP) is 7.72. The van der Waals surface area contributed by atoms with Gasteiger partial charge in [0, 0.05) is 0 Å². The Morgan fingerprint density at radius 3 is 1.18 bits per heavy atom. The highest BCUT2D eigenvalue weighted by molar-refractivity contribution is 4.47. The van der Waals surface area contributed by atoms with Gasteiger partial charge in [-0.05, 0) is 5.92 Å². The number of hydrogen-bond acceptors (Lipinski definition) is 0. The topological polar surface area (TPSA) is 0 Å². The van der Waals surface area contributed by atoms with Crippen LogP contribution in [0, 0.1) is 5.92 Å². The van der Waals surface area contributed by atoms with E-state index in [1.54, 1.807) is 0 Å². The first kappa shape index (κ1) is 30.2. The summed E-state index contributed by atoms with van der Waals surface area (Å²) in [5.41, 5.74) is 0. The highest BCUT2D eigenvalue weighted by Gasteiger charge is 1.94. The van der Waals surface area contributed by atoms with Gasteiger partial charge in [-0.1, -0.05) is 108 Å². The molecule has 0 radical (unpaired) electrons. The van der Waals surface area contributed by atoms with Crippen LogP contribution in [-0.2, 0) is 0 Å². The Bertz CT molecular complexity index is 48.0. The minimum Gasteiger partial charge on any atom is -0.0683 e. The third-order valence-corrected chi connectivity index (χ3v) is 1.75. The van der Waals surface area contributed by atoms with Crippen molar-refractivity contribution in [3.8, 4) is 0 Å². The Labute approximate surface area is 115 Å². The summed E-state index contributed by atoms with van der Waals surface area (Å²) >= 11 is 0. The Morgan fingerprint density at radius 2 is 1.00 bits per heavy atom. The van der Waals surface area contributed by atoms with E-state index in [2.05, 4.69) is 34.6 Å². The molecule has 0 aliphatic rings. The van der Waals surface area contributed by atoms with E-state index < -0.39 is 0 Å². The molecule has 1 unspecified atom stereocenters. The van der Waals surface area contributed by atoms with Gasteiger partial charge < -0.3 is 0 Å². The first-order valence-corrected chi connectivity index (χ1v) is 8.22. The quantitative estimate of drug-likeness (QED) is 0.478. The summed E-state index contributed by atoms with van der Waals surface area (Å²) in [6.45, 7) is 23.1. The predicted molar refractivity (Wildman–Crippen MR) is 89.0 cm³/mol. The third kappa shape index (κ3) is 87.1. The first-order chi connectivity index (χ1) is 8.22. The summed E-state index contributed by atoms with van der Waals surface area (Å²) in [6.07, 6.45) is 6.78. The van der Waals surface area contributed by atoms with Crippen molar-refractivity contribution in [1.82, 2.24) is 0 Å². The van der Waals surface area contributed by atoms with Gasteiger partial charge in [-0.15, -0.1) is 0 Å². The fraction of sp³-hybridized carbons (Fsp3) is 1.00. The normalized spacial score (nSPS) is 8.65. The molecule has 0 saturated carbocycles. The molecule has 0 rings (SSSR count). The van der Waals surface area contributed by atoms with Gasteiger partial charge in [0.2, 0.25) is 0 Å². The van der Waals surface area contributed by atoms with Gasteiger partial charge in [-0.3, -0.25) is 0 Å². The summed E-state index contributed by atoms with van der Waals surface area (Å²) in [7, 11) is 0. The molecule has 0 bridgehead atoms. The van der Waals surface area contributed by atoms with Crippen LogP contribution in [0.1, 0.15) is 108 Å². The summed E-state index contributed by atoms with van der Waals surface area (Å²) in [5.74, 6) is 0.954. The van der Waals surface area contributed by atoms with Crippen LogP contribution in [-0.4, -0.2) is 0 Å². The molecule has 0 spiro atoms. The maximum absolute atomic E-state index is 2.33. The molecule has 0 saturated heterocycles. The van der Waals surface area contributed by atoms with E-state index in [1.165, 1.54) is 32.1 Å². The maximum atomic E-state index is 2.33. The molecule has 0 heterocycles. The number of unbranched alkanes of at least 4 members (excludes halogenated alkanes) is 1. The minimum atomic E-state index is 0.954. The molecule has 0 aliphatic carbocycles. The smallest absolute Gasteiger partial charge is 0.0445 e. The van der Waals surface area contributed by atoms with Crippen LogP contribution in [0.15, 0.2) is 0 Å². The molecule has 0 N–H and O–H groups in total. The highest BCUT2D eigenvalue weighted by Crippen LogP contribution is 2.09. The summed E-state index contributed by atoms with van der Waals surface area (Å²) in [5, 5.41) is 0. The zero-order valence-corrected chi connectivity index (χ0v) is 15.1. The van der Waals surface area contributed by atoms with Crippen LogP contribution < -0.4 is 0 Å². The van der Waals surface area contributed by atoms with Crippen molar-refractivity contribution < 1.29 is 0 Å². The molecule has 112 valence electrons. The molecule has 1 atom stereocenters. The molecule has 0 fully saturated rings. The molecule has 0 nitrogen and oxygen atoms in total. The van der Waals surface area contributed by atoms with Gasteiger partial charge >= 0.3 is 0 Å². The number of hydrogen-bond donors (Lipinski definition) is 0. The Kier molecular flexibility index (Phi) is 100. The van der Waals surface area contributed by atoms with Gasteiger partial charge in [0.05, 0.1) is 0 Å². The number of rotatable bonds is 4. The molecule has 0 amide bonds. The van der Waals surface area contributed by atoms with E-state index >= 15 is 0 Å². The average molecular weight is 249 g/mol. The van der Waals surface area contributed by atoms with Crippen molar-refractivity contribution in [2.45, 2.75) is 108 Å². The second-order valence-corrected chi connectivity index (χ2v) is 3.36. The summed E-state index contributed by atoms with van der Waals surface area (Å²) in [4.78, 5) is 0. The second-order valence-electron chi connectivity index (χ2n) is 3.36. The molecule has 0 aromatic carbocycles. The minimum absolute atomic E-state index is 0.954. The van der Waals surface area contributed by atoms with Crippen molar-refractivity contribution in [1.29, 1.82) is 0 Å². The lowest BCUT2D eigenvalue weighted by molar-refractivity contribution is 0.492. The maximum Gasteiger partial charge on any atom is -0.0445 e. The van der Waals surface area contributed by atoms with Crippen LogP contribution in [0.5, 0.6) is 0 Å². The van der Waals surface area contributed by atoms with Crippen molar-refractivity contribution in [2.24, 2.45) is 5.92 Å². The fourth-order valence-corrected chi connectivity index (χ4v) is 0.757. The van der Waals surface area contributed by atoms with E-state index in [0.29, 0.717) is 0 Å². The van der Waals surface area contributed by atoms with E-state index in [9.17, 15) is 0 Å².